The molecule has 2 heterocycles. The first-order chi connectivity index (χ1) is 15.0. The number of ether oxygens (including phenoxy) is 1. The van der Waals surface area contributed by atoms with Crippen molar-refractivity contribution < 1.29 is 9.53 Å². The van der Waals surface area contributed by atoms with E-state index in [0.717, 1.165) is 35.1 Å². The summed E-state index contributed by atoms with van der Waals surface area (Å²) in [6.07, 6.45) is 2.91. The highest BCUT2D eigenvalue weighted by Crippen LogP contribution is 2.17. The third-order valence-electron chi connectivity index (χ3n) is 4.57. The fourth-order valence-corrected chi connectivity index (χ4v) is 4.02. The van der Waals surface area contributed by atoms with Crippen LogP contribution < -0.4 is 5.32 Å². The molecule has 0 saturated carbocycles. The Morgan fingerprint density at radius 3 is 2.74 bits per heavy atom. The average Bonchev–Trinajstić information content (AvgIpc) is 3.35. The van der Waals surface area contributed by atoms with Gasteiger partial charge in [-0.15, -0.1) is 11.3 Å². The molecule has 0 unspecified atom stereocenters. The van der Waals surface area contributed by atoms with E-state index in [0.29, 0.717) is 17.1 Å². The minimum Gasteiger partial charge on any atom is -0.388 e. The third kappa shape index (κ3) is 6.37. The van der Waals surface area contributed by atoms with Gasteiger partial charge in [-0.3, -0.25) is 9.48 Å². The molecule has 0 fully saturated rings. The molecule has 1 N–H and O–H groups in total. The molecule has 0 aliphatic carbocycles. The van der Waals surface area contributed by atoms with E-state index in [2.05, 4.69) is 20.1 Å². The van der Waals surface area contributed by atoms with Gasteiger partial charge in [0.2, 0.25) is 0 Å². The van der Waals surface area contributed by atoms with Crippen LogP contribution in [0.5, 0.6) is 0 Å². The van der Waals surface area contributed by atoms with Crippen molar-refractivity contribution in [1.29, 1.82) is 0 Å². The van der Waals surface area contributed by atoms with Crippen LogP contribution in [-0.4, -0.2) is 34.9 Å². The van der Waals surface area contributed by atoms with Crippen molar-refractivity contribution in [2.45, 2.75) is 26.4 Å². The highest BCUT2D eigenvalue weighted by molar-refractivity contribution is 7.09. The number of thiazole rings is 1. The summed E-state index contributed by atoms with van der Waals surface area (Å²) in [6, 6.07) is 13.1. The SMILES string of the molecule is COC.Cc1ncsc1CCn1cc2ccc(C(=O)NCc3cccc(Cl)c3)cc2n1. The molecule has 0 atom stereocenters. The van der Waals surface area contributed by atoms with E-state index in [4.69, 9.17) is 11.6 Å². The number of benzene rings is 2. The largest absolute Gasteiger partial charge is 0.388 e. The molecule has 31 heavy (non-hydrogen) atoms. The standard InChI is InChI=1S/C21H19ClN4OS.C2H6O/c1-14-20(28-13-24-14)7-8-26-12-17-6-5-16(10-19(17)25-26)21(27)23-11-15-3-2-4-18(22)9-15;1-3-2/h2-6,9-10,12-13H,7-8,11H2,1H3,(H,23,27);1-2H3. The topological polar surface area (TPSA) is 69.0 Å². The van der Waals surface area contributed by atoms with Crippen molar-refractivity contribution in [2.24, 2.45) is 0 Å². The van der Waals surface area contributed by atoms with E-state index in [-0.39, 0.29) is 5.91 Å². The third-order valence-corrected chi connectivity index (χ3v) is 5.80. The van der Waals surface area contributed by atoms with Crippen molar-refractivity contribution in [3.8, 4) is 0 Å². The van der Waals surface area contributed by atoms with Crippen molar-refractivity contribution in [3.63, 3.8) is 0 Å². The molecule has 4 rings (SSSR count). The molecule has 2 aromatic heterocycles. The van der Waals surface area contributed by atoms with Crippen molar-refractivity contribution >= 4 is 39.7 Å². The van der Waals surface area contributed by atoms with Crippen LogP contribution in [0.4, 0.5) is 0 Å². The van der Waals surface area contributed by atoms with E-state index >= 15 is 0 Å². The summed E-state index contributed by atoms with van der Waals surface area (Å²) in [7, 11) is 3.25. The number of amides is 1. The number of nitrogens with zero attached hydrogens (tertiary/aromatic N) is 3. The van der Waals surface area contributed by atoms with E-state index in [1.54, 1.807) is 25.6 Å². The van der Waals surface area contributed by atoms with Crippen molar-refractivity contribution in [2.75, 3.05) is 14.2 Å². The first-order valence-electron chi connectivity index (χ1n) is 9.79. The van der Waals surface area contributed by atoms with E-state index < -0.39 is 0 Å². The number of carbonyl (C=O) groups is 1. The van der Waals surface area contributed by atoms with Gasteiger partial charge in [-0.05, 0) is 36.8 Å². The van der Waals surface area contributed by atoms with Crippen LogP contribution in [0.1, 0.15) is 26.5 Å². The minimum atomic E-state index is -0.128. The number of carbonyl (C=O) groups excluding carboxylic acids is 1. The van der Waals surface area contributed by atoms with Crippen molar-refractivity contribution in [1.82, 2.24) is 20.1 Å². The highest BCUT2D eigenvalue weighted by Gasteiger charge is 2.09. The molecule has 8 heteroatoms. The van der Waals surface area contributed by atoms with Crippen molar-refractivity contribution in [3.05, 3.63) is 80.9 Å². The Morgan fingerprint density at radius 2 is 2.03 bits per heavy atom. The first-order valence-corrected chi connectivity index (χ1v) is 11.0. The van der Waals surface area contributed by atoms with Crippen LogP contribution >= 0.6 is 22.9 Å². The van der Waals surface area contributed by atoms with E-state index in [1.165, 1.54) is 4.88 Å². The Bertz CT molecular complexity index is 1160. The van der Waals surface area contributed by atoms with Gasteiger partial charge in [0.05, 0.1) is 16.7 Å². The quantitative estimate of drug-likeness (QED) is 0.448. The van der Waals surface area contributed by atoms with Crippen LogP contribution in [-0.2, 0) is 24.2 Å². The zero-order chi connectivity index (χ0) is 22.2. The first kappa shape index (κ1) is 22.9. The molecule has 0 radical (unpaired) electrons. The van der Waals surface area contributed by atoms with Gasteiger partial charge in [-0.1, -0.05) is 29.8 Å². The molecular formula is C23H25ClN4O2S. The summed E-state index contributed by atoms with van der Waals surface area (Å²) < 4.78 is 6.18. The molecule has 0 saturated heterocycles. The molecule has 0 aliphatic heterocycles. The Kier molecular flexibility index (Phi) is 8.17. The Balaban J connectivity index is 0.000000858. The van der Waals surface area contributed by atoms with Crippen LogP contribution in [0, 0.1) is 6.92 Å². The lowest BCUT2D eigenvalue weighted by molar-refractivity contribution is 0.0951. The zero-order valence-electron chi connectivity index (χ0n) is 17.8. The number of methoxy groups -OCH3 is 1. The van der Waals surface area contributed by atoms with Gasteiger partial charge >= 0.3 is 0 Å². The van der Waals surface area contributed by atoms with Crippen LogP contribution in [0.25, 0.3) is 10.9 Å². The zero-order valence-corrected chi connectivity index (χ0v) is 19.3. The lowest BCUT2D eigenvalue weighted by Gasteiger charge is -2.06. The number of aromatic nitrogens is 3. The Labute approximate surface area is 190 Å². The van der Waals surface area contributed by atoms with Crippen LogP contribution in [0.15, 0.2) is 54.2 Å². The molecule has 0 aliphatic rings. The fourth-order valence-electron chi connectivity index (χ4n) is 3.04. The van der Waals surface area contributed by atoms with Gasteiger partial charge in [0, 0.05) is 60.8 Å². The highest BCUT2D eigenvalue weighted by atomic mass is 35.5. The molecule has 1 amide bonds. The second-order valence-corrected chi connectivity index (χ2v) is 8.37. The predicted octanol–water partition coefficient (Wildman–Crippen LogP) is 4.89. The van der Waals surface area contributed by atoms with Crippen LogP contribution in [0.3, 0.4) is 0 Å². The monoisotopic (exact) mass is 456 g/mol. The summed E-state index contributed by atoms with van der Waals surface area (Å²) in [5.41, 5.74) is 5.33. The molecule has 162 valence electrons. The van der Waals surface area contributed by atoms with Gasteiger partial charge in [0.25, 0.3) is 5.91 Å². The van der Waals surface area contributed by atoms with Gasteiger partial charge in [-0.2, -0.15) is 5.10 Å². The smallest absolute Gasteiger partial charge is 0.251 e. The maximum absolute atomic E-state index is 12.5. The molecule has 2 aromatic carbocycles. The minimum absolute atomic E-state index is 0.128. The number of fused-ring (bicyclic) bond motifs is 1. The van der Waals surface area contributed by atoms with E-state index in [9.17, 15) is 4.79 Å². The Morgan fingerprint density at radius 1 is 1.23 bits per heavy atom. The van der Waals surface area contributed by atoms with Gasteiger partial charge < -0.3 is 10.1 Å². The second-order valence-electron chi connectivity index (χ2n) is 7.00. The van der Waals surface area contributed by atoms with Crippen LogP contribution in [0.2, 0.25) is 5.02 Å². The lowest BCUT2D eigenvalue weighted by Crippen LogP contribution is -2.22. The number of hydrogen-bond acceptors (Lipinski definition) is 5. The number of hydrogen-bond donors (Lipinski definition) is 1. The summed E-state index contributed by atoms with van der Waals surface area (Å²) >= 11 is 7.66. The molecule has 0 spiro atoms. The molecule has 4 aromatic rings. The second kappa shape index (κ2) is 11.0. The summed E-state index contributed by atoms with van der Waals surface area (Å²) in [5.74, 6) is -0.128. The van der Waals surface area contributed by atoms with Gasteiger partial charge in [-0.25, -0.2) is 4.98 Å². The van der Waals surface area contributed by atoms with E-state index in [1.807, 2.05) is 65.8 Å². The Hall–Kier alpha value is -2.74. The predicted molar refractivity (Wildman–Crippen MR) is 126 cm³/mol. The average molecular weight is 457 g/mol. The maximum atomic E-state index is 12.5. The number of rotatable bonds is 6. The summed E-state index contributed by atoms with van der Waals surface area (Å²) in [5, 5.41) is 9.22. The van der Waals surface area contributed by atoms with Gasteiger partial charge in [0.1, 0.15) is 0 Å². The number of aryl methyl sites for hydroxylation is 3. The maximum Gasteiger partial charge on any atom is 0.251 e. The molecule has 0 bridgehead atoms. The number of halogens is 1. The normalized spacial score (nSPS) is 10.6. The molecular weight excluding hydrogens is 432 g/mol. The summed E-state index contributed by atoms with van der Waals surface area (Å²) in [4.78, 5) is 18.1. The number of nitrogens with one attached hydrogen (secondary N) is 1. The fraction of sp³-hybridized carbons (Fsp3) is 0.261. The molecule has 6 nitrogen and oxygen atoms in total. The van der Waals surface area contributed by atoms with Gasteiger partial charge in [0.15, 0.2) is 0 Å². The lowest BCUT2D eigenvalue weighted by atomic mass is 10.1. The summed E-state index contributed by atoms with van der Waals surface area (Å²) in [6.45, 7) is 3.24.